The van der Waals surface area contributed by atoms with Crippen LogP contribution in [0.4, 0.5) is 11.4 Å². The van der Waals surface area contributed by atoms with Gasteiger partial charge in [-0.2, -0.15) is 0 Å². The Morgan fingerprint density at radius 3 is 2.89 bits per heavy atom. The van der Waals surface area contributed by atoms with Crippen molar-refractivity contribution in [2.45, 2.75) is 25.8 Å². The zero-order valence-corrected chi connectivity index (χ0v) is 16.5. The van der Waals surface area contributed by atoms with Gasteiger partial charge in [0.15, 0.2) is 0 Å². The topological polar surface area (TPSA) is 93.1 Å². The molecule has 2 heterocycles. The number of anilines is 2. The molecule has 0 fully saturated rings. The summed E-state index contributed by atoms with van der Waals surface area (Å²) in [5.41, 5.74) is 2.83. The number of aryl methyl sites for hydroxylation is 2. The summed E-state index contributed by atoms with van der Waals surface area (Å²) in [6, 6.07) is 10.8. The average Bonchev–Trinajstić information content (AvgIpc) is 2.67. The van der Waals surface area contributed by atoms with E-state index in [1.165, 1.54) is 10.9 Å². The van der Waals surface area contributed by atoms with Crippen molar-refractivity contribution in [2.75, 3.05) is 10.6 Å². The van der Waals surface area contributed by atoms with Gasteiger partial charge in [-0.1, -0.05) is 22.0 Å². The van der Waals surface area contributed by atoms with E-state index in [9.17, 15) is 14.4 Å². The molecule has 0 unspecified atom stereocenters. The molecule has 0 saturated heterocycles. The van der Waals surface area contributed by atoms with Crippen LogP contribution in [0.25, 0.3) is 10.9 Å². The van der Waals surface area contributed by atoms with Crippen LogP contribution in [0.15, 0.2) is 52.0 Å². The van der Waals surface area contributed by atoms with E-state index in [2.05, 4.69) is 31.5 Å². The maximum Gasteiger partial charge on any atom is 0.261 e. The van der Waals surface area contributed by atoms with Crippen molar-refractivity contribution in [3.05, 3.63) is 63.1 Å². The highest BCUT2D eigenvalue weighted by molar-refractivity contribution is 9.10. The number of carbonyl (C=O) groups excluding carboxylic acids is 2. The monoisotopic (exact) mass is 440 g/mol. The van der Waals surface area contributed by atoms with Crippen molar-refractivity contribution in [2.24, 2.45) is 0 Å². The quantitative estimate of drug-likeness (QED) is 0.651. The summed E-state index contributed by atoms with van der Waals surface area (Å²) in [5, 5.41) is 6.12. The van der Waals surface area contributed by atoms with Crippen LogP contribution in [-0.2, 0) is 22.6 Å². The first-order valence-electron chi connectivity index (χ1n) is 8.87. The number of halogens is 1. The molecule has 0 atom stereocenters. The number of amides is 2. The number of benzene rings is 2. The minimum absolute atomic E-state index is 0.0224. The van der Waals surface area contributed by atoms with Gasteiger partial charge in [-0.25, -0.2) is 4.98 Å². The van der Waals surface area contributed by atoms with E-state index in [4.69, 9.17) is 0 Å². The summed E-state index contributed by atoms with van der Waals surface area (Å²) in [6.45, 7) is 0.224. The summed E-state index contributed by atoms with van der Waals surface area (Å²) >= 11 is 3.35. The lowest BCUT2D eigenvalue weighted by Gasteiger charge is -2.17. The Morgan fingerprint density at radius 1 is 1.18 bits per heavy atom. The van der Waals surface area contributed by atoms with Crippen LogP contribution in [0, 0.1) is 0 Å². The number of carbonyl (C=O) groups is 2. The average molecular weight is 441 g/mol. The summed E-state index contributed by atoms with van der Waals surface area (Å²) in [5.74, 6) is -0.242. The van der Waals surface area contributed by atoms with Crippen molar-refractivity contribution in [1.29, 1.82) is 0 Å². The largest absolute Gasteiger partial charge is 0.326 e. The molecule has 1 aromatic heterocycles. The van der Waals surface area contributed by atoms with Gasteiger partial charge in [-0.3, -0.25) is 19.0 Å². The smallest absolute Gasteiger partial charge is 0.261 e. The van der Waals surface area contributed by atoms with Gasteiger partial charge in [0.1, 0.15) is 0 Å². The Hall–Kier alpha value is -3.00. The third-order valence-electron chi connectivity index (χ3n) is 4.65. The van der Waals surface area contributed by atoms with Crippen LogP contribution in [0.3, 0.4) is 0 Å². The molecule has 4 rings (SSSR count). The van der Waals surface area contributed by atoms with E-state index >= 15 is 0 Å². The molecule has 3 aromatic rings. The lowest BCUT2D eigenvalue weighted by atomic mass is 10.0. The van der Waals surface area contributed by atoms with Gasteiger partial charge in [-0.05, 0) is 42.3 Å². The van der Waals surface area contributed by atoms with Gasteiger partial charge in [-0.15, -0.1) is 0 Å². The van der Waals surface area contributed by atoms with E-state index in [0.717, 1.165) is 15.7 Å². The molecule has 0 spiro atoms. The number of aromatic nitrogens is 2. The fourth-order valence-electron chi connectivity index (χ4n) is 3.19. The van der Waals surface area contributed by atoms with Crippen molar-refractivity contribution < 1.29 is 9.59 Å². The van der Waals surface area contributed by atoms with E-state index in [1.807, 2.05) is 18.2 Å². The second kappa shape index (κ2) is 7.55. The Labute approximate surface area is 168 Å². The standard InChI is InChI=1S/C20H17BrN4O3/c21-13-3-5-16-15(9-13)20(28)25(11-22-16)8-7-19(27)23-14-4-1-12-2-6-18(26)24-17(12)10-14/h1,3-5,9-11H,2,6-8H2,(H,23,27)(H,24,26). The predicted molar refractivity (Wildman–Crippen MR) is 110 cm³/mol. The molecule has 0 aliphatic carbocycles. The molecule has 2 amide bonds. The van der Waals surface area contributed by atoms with E-state index in [1.54, 1.807) is 18.2 Å². The molecule has 28 heavy (non-hydrogen) atoms. The second-order valence-corrected chi connectivity index (χ2v) is 7.54. The zero-order valence-electron chi connectivity index (χ0n) is 14.9. The normalized spacial score (nSPS) is 13.1. The van der Waals surface area contributed by atoms with Crippen LogP contribution < -0.4 is 16.2 Å². The number of nitrogens with one attached hydrogen (secondary N) is 2. The highest BCUT2D eigenvalue weighted by atomic mass is 79.9. The maximum atomic E-state index is 12.6. The summed E-state index contributed by atoms with van der Waals surface area (Å²) in [4.78, 5) is 40.7. The number of fused-ring (bicyclic) bond motifs is 2. The highest BCUT2D eigenvalue weighted by Crippen LogP contribution is 2.26. The molecular weight excluding hydrogens is 424 g/mol. The summed E-state index contributed by atoms with van der Waals surface area (Å²) in [7, 11) is 0. The van der Waals surface area contributed by atoms with Crippen molar-refractivity contribution >= 4 is 50.0 Å². The number of hydrogen-bond acceptors (Lipinski definition) is 4. The van der Waals surface area contributed by atoms with Crippen molar-refractivity contribution in [3.63, 3.8) is 0 Å². The van der Waals surface area contributed by atoms with Crippen molar-refractivity contribution in [3.8, 4) is 0 Å². The van der Waals surface area contributed by atoms with E-state index < -0.39 is 0 Å². The second-order valence-electron chi connectivity index (χ2n) is 6.62. The molecule has 0 bridgehead atoms. The molecular formula is C20H17BrN4O3. The summed E-state index contributed by atoms with van der Waals surface area (Å²) in [6.07, 6.45) is 2.76. The number of rotatable bonds is 4. The molecule has 2 aromatic carbocycles. The predicted octanol–water partition coefficient (Wildman–Crippen LogP) is 3.07. The molecule has 1 aliphatic rings. The van der Waals surface area contributed by atoms with Gasteiger partial charge < -0.3 is 10.6 Å². The summed E-state index contributed by atoms with van der Waals surface area (Å²) < 4.78 is 2.23. The first-order valence-corrected chi connectivity index (χ1v) is 9.66. The molecule has 142 valence electrons. The zero-order chi connectivity index (χ0) is 19.7. The molecule has 8 heteroatoms. The third kappa shape index (κ3) is 3.82. The molecule has 7 nitrogen and oxygen atoms in total. The van der Waals surface area contributed by atoms with Gasteiger partial charge in [0, 0.05) is 35.2 Å². The fraction of sp³-hybridized carbons (Fsp3) is 0.200. The minimum atomic E-state index is -0.219. The minimum Gasteiger partial charge on any atom is -0.326 e. The van der Waals surface area contributed by atoms with Gasteiger partial charge >= 0.3 is 0 Å². The van der Waals surface area contributed by atoms with Crippen LogP contribution in [0.5, 0.6) is 0 Å². The molecule has 0 radical (unpaired) electrons. The lowest BCUT2D eigenvalue weighted by molar-refractivity contribution is -0.117. The number of nitrogens with zero attached hydrogens (tertiary/aromatic N) is 2. The maximum absolute atomic E-state index is 12.6. The highest BCUT2D eigenvalue weighted by Gasteiger charge is 2.15. The van der Waals surface area contributed by atoms with Crippen LogP contribution in [0.2, 0.25) is 0 Å². The van der Waals surface area contributed by atoms with Crippen molar-refractivity contribution in [1.82, 2.24) is 9.55 Å². The molecule has 2 N–H and O–H groups in total. The van der Waals surface area contributed by atoms with Crippen LogP contribution >= 0.6 is 15.9 Å². The lowest BCUT2D eigenvalue weighted by Crippen LogP contribution is -2.24. The molecule has 0 saturated carbocycles. The first-order chi connectivity index (χ1) is 13.5. The molecule has 1 aliphatic heterocycles. The Bertz CT molecular complexity index is 1160. The van der Waals surface area contributed by atoms with Gasteiger partial charge in [0.25, 0.3) is 5.56 Å². The Morgan fingerprint density at radius 2 is 2.04 bits per heavy atom. The van der Waals surface area contributed by atoms with E-state index in [-0.39, 0.29) is 30.3 Å². The van der Waals surface area contributed by atoms with Gasteiger partial charge in [0.2, 0.25) is 11.8 Å². The van der Waals surface area contributed by atoms with Gasteiger partial charge in [0.05, 0.1) is 17.2 Å². The van der Waals surface area contributed by atoms with Crippen LogP contribution in [0.1, 0.15) is 18.4 Å². The van der Waals surface area contributed by atoms with Crippen LogP contribution in [-0.4, -0.2) is 21.4 Å². The fourth-order valence-corrected chi connectivity index (χ4v) is 3.55. The Kier molecular flexibility index (Phi) is 4.95. The van der Waals surface area contributed by atoms with E-state index in [0.29, 0.717) is 29.4 Å². The third-order valence-corrected chi connectivity index (χ3v) is 5.15. The first kappa shape index (κ1) is 18.4. The number of hydrogen-bond donors (Lipinski definition) is 2. The Balaban J connectivity index is 1.44. The SMILES string of the molecule is O=C(CCn1cnc2ccc(Br)cc2c1=O)Nc1ccc2c(c1)NC(=O)CC2.